The van der Waals surface area contributed by atoms with Crippen LogP contribution in [-0.4, -0.2) is 41.5 Å². The molecule has 1 fully saturated rings. The first-order chi connectivity index (χ1) is 8.97. The number of carbonyl (C=O) groups is 2. The second-order valence-electron chi connectivity index (χ2n) is 4.64. The second kappa shape index (κ2) is 5.61. The summed E-state index contributed by atoms with van der Waals surface area (Å²) in [5.74, 6) is -0.290. The standard InChI is InChI=1S/C13H15BrN2O3/c1-16-7-9(3-5-12(16)18)15-13(19)10-4-2-8(14)6-11(10)17/h2,4,6,9,17H,3,5,7H2,1H3,(H,15,19)/t9-/m0/s1. The van der Waals surface area contributed by atoms with Crippen LogP contribution in [0.2, 0.25) is 0 Å². The maximum absolute atomic E-state index is 12.0. The van der Waals surface area contributed by atoms with Crippen molar-refractivity contribution in [2.45, 2.75) is 18.9 Å². The molecule has 2 N–H and O–H groups in total. The van der Waals surface area contributed by atoms with Gasteiger partial charge < -0.3 is 15.3 Å². The smallest absolute Gasteiger partial charge is 0.255 e. The quantitative estimate of drug-likeness (QED) is 0.865. The van der Waals surface area contributed by atoms with Gasteiger partial charge in [0, 0.05) is 30.5 Å². The monoisotopic (exact) mass is 326 g/mol. The van der Waals surface area contributed by atoms with E-state index in [1.807, 2.05) is 0 Å². The lowest BCUT2D eigenvalue weighted by Crippen LogP contribution is -2.48. The lowest BCUT2D eigenvalue weighted by atomic mass is 10.0. The fourth-order valence-corrected chi connectivity index (χ4v) is 2.44. The first-order valence-electron chi connectivity index (χ1n) is 6.00. The number of hydrogen-bond donors (Lipinski definition) is 2. The predicted octanol–water partition coefficient (Wildman–Crippen LogP) is 1.51. The van der Waals surface area contributed by atoms with E-state index in [1.54, 1.807) is 24.1 Å². The number of phenolic OH excluding ortho intramolecular Hbond substituents is 1. The largest absolute Gasteiger partial charge is 0.507 e. The molecule has 1 atom stereocenters. The molecule has 0 aliphatic carbocycles. The number of piperidine rings is 1. The van der Waals surface area contributed by atoms with E-state index in [9.17, 15) is 14.7 Å². The number of nitrogens with one attached hydrogen (secondary N) is 1. The number of halogens is 1. The zero-order valence-corrected chi connectivity index (χ0v) is 12.1. The van der Waals surface area contributed by atoms with Gasteiger partial charge in [-0.1, -0.05) is 15.9 Å². The Morgan fingerprint density at radius 2 is 2.26 bits per heavy atom. The highest BCUT2D eigenvalue weighted by atomic mass is 79.9. The average Bonchev–Trinajstić information content (AvgIpc) is 2.33. The van der Waals surface area contributed by atoms with Gasteiger partial charge in [-0.2, -0.15) is 0 Å². The van der Waals surface area contributed by atoms with E-state index in [0.717, 1.165) is 0 Å². The highest BCUT2D eigenvalue weighted by Crippen LogP contribution is 2.22. The molecule has 0 spiro atoms. The van der Waals surface area contributed by atoms with Crippen LogP contribution in [0.1, 0.15) is 23.2 Å². The van der Waals surface area contributed by atoms with Crippen LogP contribution in [0.25, 0.3) is 0 Å². The molecule has 2 amide bonds. The van der Waals surface area contributed by atoms with Gasteiger partial charge in [-0.3, -0.25) is 9.59 Å². The van der Waals surface area contributed by atoms with Crippen LogP contribution in [0.4, 0.5) is 0 Å². The Morgan fingerprint density at radius 3 is 2.89 bits per heavy atom. The van der Waals surface area contributed by atoms with Gasteiger partial charge in [0.25, 0.3) is 5.91 Å². The van der Waals surface area contributed by atoms with Gasteiger partial charge in [0.15, 0.2) is 0 Å². The molecule has 5 nitrogen and oxygen atoms in total. The minimum Gasteiger partial charge on any atom is -0.507 e. The molecule has 0 unspecified atom stereocenters. The summed E-state index contributed by atoms with van der Waals surface area (Å²) >= 11 is 3.22. The summed E-state index contributed by atoms with van der Waals surface area (Å²) < 4.78 is 0.713. The van der Waals surface area contributed by atoms with Crippen LogP contribution >= 0.6 is 15.9 Å². The molecule has 6 heteroatoms. The molecule has 0 aromatic heterocycles. The minimum absolute atomic E-state index is 0.0629. The van der Waals surface area contributed by atoms with Crippen molar-refractivity contribution < 1.29 is 14.7 Å². The van der Waals surface area contributed by atoms with Crippen molar-refractivity contribution in [2.24, 2.45) is 0 Å². The topological polar surface area (TPSA) is 69.6 Å². The SMILES string of the molecule is CN1C[C@@H](NC(=O)c2ccc(Br)cc2O)CCC1=O. The summed E-state index contributed by atoms with van der Waals surface area (Å²) in [6.45, 7) is 0.502. The van der Waals surface area contributed by atoms with Gasteiger partial charge in [0.05, 0.1) is 5.56 Å². The van der Waals surface area contributed by atoms with E-state index in [0.29, 0.717) is 23.9 Å². The van der Waals surface area contributed by atoms with Crippen LogP contribution < -0.4 is 5.32 Å². The third-order valence-corrected chi connectivity index (χ3v) is 3.66. The van der Waals surface area contributed by atoms with E-state index in [1.165, 1.54) is 6.07 Å². The molecule has 0 radical (unpaired) electrons. The molecule has 1 aromatic rings. The number of nitrogens with zero attached hydrogens (tertiary/aromatic N) is 1. The maximum atomic E-state index is 12.0. The van der Waals surface area contributed by atoms with Gasteiger partial charge in [-0.15, -0.1) is 0 Å². The van der Waals surface area contributed by atoms with E-state index < -0.39 is 0 Å². The minimum atomic E-state index is -0.322. The maximum Gasteiger partial charge on any atom is 0.255 e. The van der Waals surface area contributed by atoms with Crippen molar-refractivity contribution in [1.82, 2.24) is 10.2 Å². The Labute approximate surface area is 119 Å². The fraction of sp³-hybridized carbons (Fsp3) is 0.385. The Hall–Kier alpha value is -1.56. The summed E-state index contributed by atoms with van der Waals surface area (Å²) in [6.07, 6.45) is 1.07. The van der Waals surface area contributed by atoms with Gasteiger partial charge in [-0.25, -0.2) is 0 Å². The van der Waals surface area contributed by atoms with Crippen molar-refractivity contribution in [3.05, 3.63) is 28.2 Å². The zero-order valence-electron chi connectivity index (χ0n) is 10.5. The zero-order chi connectivity index (χ0) is 14.0. The van der Waals surface area contributed by atoms with Crippen molar-refractivity contribution in [1.29, 1.82) is 0 Å². The van der Waals surface area contributed by atoms with Gasteiger partial charge in [0.2, 0.25) is 5.91 Å². The summed E-state index contributed by atoms with van der Waals surface area (Å²) in [5.41, 5.74) is 0.239. The molecule has 19 heavy (non-hydrogen) atoms. The fourth-order valence-electron chi connectivity index (χ4n) is 2.09. The van der Waals surface area contributed by atoms with Crippen LogP contribution in [0, 0.1) is 0 Å². The molecule has 0 saturated carbocycles. The lowest BCUT2D eigenvalue weighted by Gasteiger charge is -2.30. The number of likely N-dealkylation sites (tertiary alicyclic amines) is 1. The average molecular weight is 327 g/mol. The number of phenols is 1. The molecule has 1 saturated heterocycles. The third-order valence-electron chi connectivity index (χ3n) is 3.17. The normalized spacial score (nSPS) is 19.4. The summed E-state index contributed by atoms with van der Waals surface area (Å²) in [4.78, 5) is 25.0. The molecule has 102 valence electrons. The van der Waals surface area contributed by atoms with Crippen molar-refractivity contribution >= 4 is 27.7 Å². The Bertz CT molecular complexity index is 519. The van der Waals surface area contributed by atoms with Crippen LogP contribution in [0.5, 0.6) is 5.75 Å². The lowest BCUT2D eigenvalue weighted by molar-refractivity contribution is -0.132. The number of likely N-dealkylation sites (N-methyl/N-ethyl adjacent to an activating group) is 1. The second-order valence-corrected chi connectivity index (χ2v) is 5.56. The van der Waals surface area contributed by atoms with Crippen molar-refractivity contribution in [2.75, 3.05) is 13.6 Å². The number of aromatic hydroxyl groups is 1. The van der Waals surface area contributed by atoms with Gasteiger partial charge in [-0.05, 0) is 24.6 Å². The first-order valence-corrected chi connectivity index (χ1v) is 6.80. The molecular weight excluding hydrogens is 312 g/mol. The highest BCUT2D eigenvalue weighted by molar-refractivity contribution is 9.10. The number of carbonyl (C=O) groups excluding carboxylic acids is 2. The first kappa shape index (κ1) is 13.9. The summed E-state index contributed by atoms with van der Waals surface area (Å²) in [7, 11) is 1.72. The molecule has 1 aliphatic heterocycles. The van der Waals surface area contributed by atoms with Crippen LogP contribution in [0.15, 0.2) is 22.7 Å². The van der Waals surface area contributed by atoms with Crippen LogP contribution in [0.3, 0.4) is 0 Å². The Morgan fingerprint density at radius 1 is 1.53 bits per heavy atom. The Balaban J connectivity index is 2.03. The van der Waals surface area contributed by atoms with E-state index in [-0.39, 0.29) is 29.2 Å². The molecule has 0 bridgehead atoms. The third kappa shape index (κ3) is 3.26. The predicted molar refractivity (Wildman–Crippen MR) is 73.9 cm³/mol. The molecule has 1 aromatic carbocycles. The van der Waals surface area contributed by atoms with E-state index in [2.05, 4.69) is 21.2 Å². The molecular formula is C13H15BrN2O3. The molecule has 1 heterocycles. The number of amides is 2. The van der Waals surface area contributed by atoms with E-state index >= 15 is 0 Å². The van der Waals surface area contributed by atoms with Crippen molar-refractivity contribution in [3.8, 4) is 5.75 Å². The summed E-state index contributed by atoms with van der Waals surface area (Å²) in [5, 5.41) is 12.6. The van der Waals surface area contributed by atoms with E-state index in [4.69, 9.17) is 0 Å². The van der Waals surface area contributed by atoms with Crippen molar-refractivity contribution in [3.63, 3.8) is 0 Å². The van der Waals surface area contributed by atoms with Gasteiger partial charge in [0.1, 0.15) is 5.75 Å². The van der Waals surface area contributed by atoms with Gasteiger partial charge >= 0.3 is 0 Å². The molecule has 2 rings (SSSR count). The highest BCUT2D eigenvalue weighted by Gasteiger charge is 2.25. The molecule has 1 aliphatic rings. The summed E-state index contributed by atoms with van der Waals surface area (Å²) in [6, 6.07) is 4.67. The van der Waals surface area contributed by atoms with Crippen LogP contribution in [-0.2, 0) is 4.79 Å². The Kier molecular flexibility index (Phi) is 4.09. The number of hydrogen-bond acceptors (Lipinski definition) is 3. The number of rotatable bonds is 2. The number of benzene rings is 1.